The van der Waals surface area contributed by atoms with Crippen molar-refractivity contribution in [1.82, 2.24) is 0 Å². The topological polar surface area (TPSA) is 88.4 Å². The van der Waals surface area contributed by atoms with Crippen LogP contribution >= 0.6 is 8.60 Å². The quantitative estimate of drug-likeness (QED) is 0.0461. The van der Waals surface area contributed by atoms with Crippen molar-refractivity contribution < 1.29 is 28.9 Å². The molecule has 0 aromatic heterocycles. The molecule has 0 heterocycles. The molecule has 3 aromatic carbocycles. The van der Waals surface area contributed by atoms with Crippen molar-refractivity contribution in [1.29, 1.82) is 0 Å². The van der Waals surface area contributed by atoms with Gasteiger partial charge in [0.2, 0.25) is 0 Å². The monoisotopic (exact) mass is 779 g/mol. The molecule has 3 aromatic rings. The van der Waals surface area contributed by atoms with Crippen LogP contribution in [0.25, 0.3) is 0 Å². The Bertz CT molecular complexity index is 1300. The molecule has 0 saturated heterocycles. The van der Waals surface area contributed by atoms with Crippen LogP contribution in [0, 0.1) is 0 Å². The number of hydrogen-bond acceptors (Lipinski definition) is 6. The highest BCUT2D eigenvalue weighted by Gasteiger charge is 2.24. The molecule has 7 heteroatoms. The lowest BCUT2D eigenvalue weighted by Gasteiger charge is -2.21. The summed E-state index contributed by atoms with van der Waals surface area (Å²) in [5, 5.41) is 32.4. The van der Waals surface area contributed by atoms with Crippen molar-refractivity contribution in [3.63, 3.8) is 0 Å². The van der Waals surface area contributed by atoms with Crippen LogP contribution in [0.5, 0.6) is 34.5 Å². The minimum absolute atomic E-state index is 0.128. The van der Waals surface area contributed by atoms with Crippen LogP contribution in [0.2, 0.25) is 0 Å². The lowest BCUT2D eigenvalue weighted by Crippen LogP contribution is -2.04. The highest BCUT2D eigenvalue weighted by atomic mass is 31.2. The van der Waals surface area contributed by atoms with Gasteiger partial charge < -0.3 is 28.9 Å². The SMILES string of the molecule is CCCCCCCC[C@H](C)c1cc(O)cc(OP(Oc2cc(O)cc([C@@H](C)CCCCCCCC)c2)Oc2cc(O)cc([C@@H](C)CCCCCCCC)c2)c1. The Morgan fingerprint density at radius 3 is 0.909 bits per heavy atom. The predicted molar refractivity (Wildman–Crippen MR) is 232 cm³/mol. The smallest absolute Gasteiger partial charge is 0.508 e. The van der Waals surface area contributed by atoms with Gasteiger partial charge in [0, 0.05) is 18.2 Å². The first-order valence-electron chi connectivity index (χ1n) is 22.0. The van der Waals surface area contributed by atoms with Crippen LogP contribution < -0.4 is 13.6 Å². The Kier molecular flexibility index (Phi) is 22.5. The average Bonchev–Trinajstić information content (AvgIpc) is 3.14. The standard InChI is InChI=1S/C48H75O6P/c1-7-10-13-16-19-22-25-37(4)40-28-43(49)34-46(31-40)52-55(53-47-32-41(29-44(50)35-47)38(5)26-23-20-17-14-11-8-2)54-48-33-42(30-45(51)36-48)39(6)27-24-21-18-15-12-9-3/h28-39,49-51H,7-27H2,1-6H3/t37-,38-,39-/m0/s1. The van der Waals surface area contributed by atoms with E-state index >= 15 is 0 Å². The van der Waals surface area contributed by atoms with Gasteiger partial charge in [-0.2, -0.15) is 0 Å². The number of phenolic OH excluding ortho intramolecular Hbond substituents is 3. The molecular formula is C48H75O6P. The summed E-state index contributed by atoms with van der Waals surface area (Å²) in [6, 6.07) is 16.1. The summed E-state index contributed by atoms with van der Waals surface area (Å²) in [5.74, 6) is 2.47. The highest BCUT2D eigenvalue weighted by Crippen LogP contribution is 2.46. The zero-order valence-electron chi connectivity index (χ0n) is 35.3. The van der Waals surface area contributed by atoms with E-state index in [1.807, 2.05) is 36.4 Å². The predicted octanol–water partition coefficient (Wildman–Crippen LogP) is 16.1. The van der Waals surface area contributed by atoms with Gasteiger partial charge in [0.1, 0.15) is 34.5 Å². The number of aromatic hydroxyl groups is 3. The van der Waals surface area contributed by atoms with Crippen molar-refractivity contribution in [3.8, 4) is 34.5 Å². The second-order valence-electron chi connectivity index (χ2n) is 16.2. The fourth-order valence-corrected chi connectivity index (χ4v) is 8.28. The molecule has 3 rings (SSSR count). The Labute approximate surface area is 336 Å². The minimum atomic E-state index is -2.11. The number of benzene rings is 3. The van der Waals surface area contributed by atoms with E-state index in [1.165, 1.54) is 96.3 Å². The summed E-state index contributed by atoms with van der Waals surface area (Å²) in [5.41, 5.74) is 3.01. The first kappa shape index (κ1) is 46.3. The van der Waals surface area contributed by atoms with Gasteiger partial charge in [-0.15, -0.1) is 0 Å². The van der Waals surface area contributed by atoms with Crippen LogP contribution in [0.1, 0.15) is 211 Å². The third kappa shape index (κ3) is 18.6. The van der Waals surface area contributed by atoms with E-state index in [0.717, 1.165) is 55.2 Å². The maximum atomic E-state index is 10.8. The molecule has 0 unspecified atom stereocenters. The third-order valence-electron chi connectivity index (χ3n) is 11.0. The maximum Gasteiger partial charge on any atom is 0.530 e. The van der Waals surface area contributed by atoms with Crippen molar-refractivity contribution >= 4 is 8.60 Å². The molecule has 308 valence electrons. The van der Waals surface area contributed by atoms with Gasteiger partial charge in [-0.3, -0.25) is 0 Å². The molecule has 0 spiro atoms. The normalized spacial score (nSPS) is 13.1. The minimum Gasteiger partial charge on any atom is -0.508 e. The summed E-state index contributed by atoms with van der Waals surface area (Å²) >= 11 is 0. The van der Waals surface area contributed by atoms with E-state index < -0.39 is 8.60 Å². The fourth-order valence-electron chi connectivity index (χ4n) is 7.34. The average molecular weight is 779 g/mol. The van der Waals surface area contributed by atoms with E-state index in [1.54, 1.807) is 18.2 Å². The first-order chi connectivity index (χ1) is 26.6. The molecule has 0 saturated carbocycles. The number of unbranched alkanes of at least 4 members (excludes halogenated alkanes) is 15. The van der Waals surface area contributed by atoms with Crippen LogP contribution in [0.3, 0.4) is 0 Å². The molecule has 0 aliphatic heterocycles. The van der Waals surface area contributed by atoms with Gasteiger partial charge in [0.15, 0.2) is 0 Å². The number of rotatable bonds is 30. The Balaban J connectivity index is 1.82. The zero-order chi connectivity index (χ0) is 39.8. The summed E-state index contributed by atoms with van der Waals surface area (Å²) in [4.78, 5) is 0. The van der Waals surface area contributed by atoms with Crippen molar-refractivity contribution in [2.24, 2.45) is 0 Å². The molecule has 3 atom stereocenters. The van der Waals surface area contributed by atoms with Crippen LogP contribution in [0.15, 0.2) is 54.6 Å². The molecular weight excluding hydrogens is 703 g/mol. The summed E-state index contributed by atoms with van der Waals surface area (Å²) in [6.07, 6.45) is 25.4. The highest BCUT2D eigenvalue weighted by molar-refractivity contribution is 7.43. The number of phenols is 3. The van der Waals surface area contributed by atoms with Crippen molar-refractivity contribution in [3.05, 3.63) is 71.3 Å². The maximum absolute atomic E-state index is 10.8. The van der Waals surface area contributed by atoms with Crippen LogP contribution in [0.4, 0.5) is 0 Å². The van der Waals surface area contributed by atoms with Gasteiger partial charge in [0.05, 0.1) is 0 Å². The molecule has 3 N–H and O–H groups in total. The van der Waals surface area contributed by atoms with Gasteiger partial charge in [0.25, 0.3) is 0 Å². The summed E-state index contributed by atoms with van der Waals surface area (Å²) in [6.45, 7) is 13.3. The molecule has 6 nitrogen and oxygen atoms in total. The number of hydrogen-bond donors (Lipinski definition) is 3. The molecule has 55 heavy (non-hydrogen) atoms. The van der Waals surface area contributed by atoms with Crippen molar-refractivity contribution in [2.75, 3.05) is 0 Å². The lowest BCUT2D eigenvalue weighted by atomic mass is 9.94. The van der Waals surface area contributed by atoms with Crippen LogP contribution in [-0.2, 0) is 0 Å². The van der Waals surface area contributed by atoms with E-state index in [4.69, 9.17) is 13.6 Å². The summed E-state index contributed by atoms with van der Waals surface area (Å²) in [7, 11) is -2.11. The van der Waals surface area contributed by atoms with Gasteiger partial charge in [-0.05, 0) is 90.1 Å². The van der Waals surface area contributed by atoms with E-state index in [2.05, 4.69) is 41.5 Å². The van der Waals surface area contributed by atoms with Crippen LogP contribution in [-0.4, -0.2) is 15.3 Å². The lowest BCUT2D eigenvalue weighted by molar-refractivity contribution is 0.382. The largest absolute Gasteiger partial charge is 0.530 e. The Morgan fingerprint density at radius 2 is 0.636 bits per heavy atom. The first-order valence-corrected chi connectivity index (χ1v) is 23.1. The van der Waals surface area contributed by atoms with Gasteiger partial charge in [-0.1, -0.05) is 157 Å². The van der Waals surface area contributed by atoms with E-state index in [-0.39, 0.29) is 35.0 Å². The third-order valence-corrected chi connectivity index (χ3v) is 12.0. The van der Waals surface area contributed by atoms with Gasteiger partial charge in [-0.25, -0.2) is 0 Å². The zero-order valence-corrected chi connectivity index (χ0v) is 36.2. The summed E-state index contributed by atoms with van der Waals surface area (Å²) < 4.78 is 19.4. The van der Waals surface area contributed by atoms with Crippen molar-refractivity contribution in [2.45, 2.75) is 194 Å². The molecule has 0 aliphatic carbocycles. The van der Waals surface area contributed by atoms with E-state index in [0.29, 0.717) is 17.2 Å². The fraction of sp³-hybridized carbons (Fsp3) is 0.625. The van der Waals surface area contributed by atoms with E-state index in [9.17, 15) is 15.3 Å². The molecule has 0 amide bonds. The molecule has 0 aliphatic rings. The van der Waals surface area contributed by atoms with Gasteiger partial charge >= 0.3 is 8.60 Å². The Hall–Kier alpha value is -3.11. The second kappa shape index (κ2) is 26.7. The second-order valence-corrected chi connectivity index (χ2v) is 17.1. The molecule has 0 radical (unpaired) electrons. The molecule has 0 fully saturated rings. The molecule has 0 bridgehead atoms. The Morgan fingerprint density at radius 1 is 0.382 bits per heavy atom.